The average Bonchev–Trinajstić information content (AvgIpc) is 2.82. The standard InChI is InChI=1S/C23H30ClN3O6S/c1-6-19(23(29)25-2)26(14-16-7-9-17(24)10-8-16)22(28)15-27(34(5,30)31)20-13-18(32-3)11-12-21(20)33-4/h7-13,19H,6,14-15H2,1-5H3,(H,25,29)/t19-/m1/s1. The molecule has 1 N–H and O–H groups in total. The molecule has 2 rings (SSSR count). The van der Waals surface area contributed by atoms with Gasteiger partial charge in [-0.3, -0.25) is 13.9 Å². The van der Waals surface area contributed by atoms with Crippen molar-refractivity contribution in [2.24, 2.45) is 0 Å². The third kappa shape index (κ3) is 6.77. The van der Waals surface area contributed by atoms with Gasteiger partial charge in [0.1, 0.15) is 24.1 Å². The molecule has 11 heteroatoms. The SMILES string of the molecule is CC[C@H](C(=O)NC)N(Cc1ccc(Cl)cc1)C(=O)CN(c1cc(OC)ccc1OC)S(C)(=O)=O. The second-order valence-corrected chi connectivity index (χ2v) is 9.84. The van der Waals surface area contributed by atoms with E-state index in [4.69, 9.17) is 21.1 Å². The van der Waals surface area contributed by atoms with Gasteiger partial charge in [-0.05, 0) is 36.2 Å². The van der Waals surface area contributed by atoms with E-state index in [2.05, 4.69) is 5.32 Å². The van der Waals surface area contributed by atoms with Crippen molar-refractivity contribution >= 4 is 39.1 Å². The summed E-state index contributed by atoms with van der Waals surface area (Å²) in [6.07, 6.45) is 1.33. The fourth-order valence-electron chi connectivity index (χ4n) is 3.46. The Labute approximate surface area is 205 Å². The second-order valence-electron chi connectivity index (χ2n) is 7.49. The fourth-order valence-corrected chi connectivity index (χ4v) is 4.43. The van der Waals surface area contributed by atoms with E-state index in [1.807, 2.05) is 0 Å². The lowest BCUT2D eigenvalue weighted by Gasteiger charge is -2.33. The Balaban J connectivity index is 2.51. The molecule has 0 heterocycles. The van der Waals surface area contributed by atoms with Crippen LogP contribution in [0.2, 0.25) is 5.02 Å². The third-order valence-electron chi connectivity index (χ3n) is 5.23. The van der Waals surface area contributed by atoms with Gasteiger partial charge < -0.3 is 19.7 Å². The van der Waals surface area contributed by atoms with Crippen molar-refractivity contribution in [2.75, 3.05) is 38.4 Å². The molecule has 0 aliphatic carbocycles. The summed E-state index contributed by atoms with van der Waals surface area (Å²) in [7, 11) is 0.428. The molecule has 0 bridgehead atoms. The number of benzene rings is 2. The number of anilines is 1. The molecule has 2 amide bonds. The lowest BCUT2D eigenvalue weighted by atomic mass is 10.1. The van der Waals surface area contributed by atoms with Gasteiger partial charge in [0.25, 0.3) is 0 Å². The van der Waals surface area contributed by atoms with E-state index in [-0.39, 0.29) is 23.9 Å². The number of amides is 2. The summed E-state index contributed by atoms with van der Waals surface area (Å²) in [6, 6.07) is 10.7. The van der Waals surface area contributed by atoms with E-state index < -0.39 is 28.5 Å². The molecule has 186 valence electrons. The maximum absolute atomic E-state index is 13.6. The van der Waals surface area contributed by atoms with Crippen molar-refractivity contribution in [3.63, 3.8) is 0 Å². The van der Waals surface area contributed by atoms with Crippen molar-refractivity contribution in [3.8, 4) is 11.5 Å². The predicted octanol–water partition coefficient (Wildman–Crippen LogP) is 2.68. The number of rotatable bonds is 11. The predicted molar refractivity (Wildman–Crippen MR) is 132 cm³/mol. The van der Waals surface area contributed by atoms with Crippen LogP contribution < -0.4 is 19.1 Å². The number of nitrogens with one attached hydrogen (secondary N) is 1. The van der Waals surface area contributed by atoms with Gasteiger partial charge in [0, 0.05) is 24.7 Å². The Morgan fingerprint density at radius 3 is 2.24 bits per heavy atom. The molecule has 0 unspecified atom stereocenters. The minimum atomic E-state index is -3.91. The first-order valence-corrected chi connectivity index (χ1v) is 12.7. The van der Waals surface area contributed by atoms with Gasteiger partial charge in [0.15, 0.2) is 0 Å². The Morgan fingerprint density at radius 1 is 1.09 bits per heavy atom. The minimum absolute atomic E-state index is 0.0920. The van der Waals surface area contributed by atoms with E-state index in [9.17, 15) is 18.0 Å². The number of carbonyl (C=O) groups excluding carboxylic acids is 2. The van der Waals surface area contributed by atoms with E-state index in [0.29, 0.717) is 17.2 Å². The highest BCUT2D eigenvalue weighted by Crippen LogP contribution is 2.34. The van der Waals surface area contributed by atoms with Crippen LogP contribution in [0.25, 0.3) is 0 Å². The van der Waals surface area contributed by atoms with Gasteiger partial charge in [0.05, 0.1) is 26.2 Å². The molecule has 0 aromatic heterocycles. The van der Waals surface area contributed by atoms with Crippen LogP contribution >= 0.6 is 11.6 Å². The van der Waals surface area contributed by atoms with E-state index in [1.165, 1.54) is 32.2 Å². The molecule has 34 heavy (non-hydrogen) atoms. The molecule has 0 aliphatic rings. The van der Waals surface area contributed by atoms with Crippen LogP contribution in [0.3, 0.4) is 0 Å². The van der Waals surface area contributed by atoms with Gasteiger partial charge in [-0.2, -0.15) is 0 Å². The molecular formula is C23H30ClN3O6S. The zero-order valence-electron chi connectivity index (χ0n) is 19.9. The molecular weight excluding hydrogens is 482 g/mol. The molecule has 0 radical (unpaired) electrons. The highest BCUT2D eigenvalue weighted by molar-refractivity contribution is 7.92. The van der Waals surface area contributed by atoms with Crippen LogP contribution in [-0.4, -0.2) is 65.2 Å². The quantitative estimate of drug-likeness (QED) is 0.497. The Hall–Kier alpha value is -2.98. The summed E-state index contributed by atoms with van der Waals surface area (Å²) in [5, 5.41) is 3.11. The molecule has 0 spiro atoms. The van der Waals surface area contributed by atoms with Crippen molar-refractivity contribution in [1.29, 1.82) is 0 Å². The number of ether oxygens (including phenoxy) is 2. The van der Waals surface area contributed by atoms with Gasteiger partial charge in [-0.15, -0.1) is 0 Å². The summed E-state index contributed by atoms with van der Waals surface area (Å²) in [5.41, 5.74) is 0.891. The maximum Gasteiger partial charge on any atom is 0.244 e. The molecule has 0 fully saturated rings. The van der Waals surface area contributed by atoms with E-state index >= 15 is 0 Å². The van der Waals surface area contributed by atoms with Gasteiger partial charge in [0.2, 0.25) is 21.8 Å². The molecule has 1 atom stereocenters. The molecule has 0 saturated heterocycles. The normalized spacial score (nSPS) is 11.9. The maximum atomic E-state index is 13.6. The molecule has 0 saturated carbocycles. The van der Waals surface area contributed by atoms with E-state index in [0.717, 1.165) is 16.1 Å². The molecule has 9 nitrogen and oxygen atoms in total. The number of halogens is 1. The number of sulfonamides is 1. The smallest absolute Gasteiger partial charge is 0.244 e. The number of nitrogens with zero attached hydrogens (tertiary/aromatic N) is 2. The Morgan fingerprint density at radius 2 is 1.74 bits per heavy atom. The van der Waals surface area contributed by atoms with Crippen molar-refractivity contribution in [2.45, 2.75) is 25.9 Å². The monoisotopic (exact) mass is 511 g/mol. The molecule has 2 aromatic carbocycles. The number of hydrogen-bond acceptors (Lipinski definition) is 6. The van der Waals surface area contributed by atoms with Crippen LogP contribution in [-0.2, 0) is 26.2 Å². The van der Waals surface area contributed by atoms with Gasteiger partial charge >= 0.3 is 0 Å². The zero-order chi connectivity index (χ0) is 25.5. The van der Waals surface area contributed by atoms with E-state index in [1.54, 1.807) is 43.3 Å². The summed E-state index contributed by atoms with van der Waals surface area (Å²) in [5.74, 6) is -0.260. The van der Waals surface area contributed by atoms with Crippen LogP contribution in [0.15, 0.2) is 42.5 Å². The zero-order valence-corrected chi connectivity index (χ0v) is 21.4. The average molecular weight is 512 g/mol. The lowest BCUT2D eigenvalue weighted by molar-refractivity contribution is -0.140. The van der Waals surface area contributed by atoms with Crippen LogP contribution in [0.5, 0.6) is 11.5 Å². The first-order chi connectivity index (χ1) is 16.0. The Kier molecular flexibility index (Phi) is 9.57. The second kappa shape index (κ2) is 11.9. The molecule has 0 aliphatic heterocycles. The first kappa shape index (κ1) is 27.3. The fraction of sp³-hybridized carbons (Fsp3) is 0.391. The largest absolute Gasteiger partial charge is 0.497 e. The van der Waals surface area contributed by atoms with Crippen LogP contribution in [0, 0.1) is 0 Å². The summed E-state index contributed by atoms with van der Waals surface area (Å²) in [6.45, 7) is 1.33. The van der Waals surface area contributed by atoms with Crippen molar-refractivity contribution in [3.05, 3.63) is 53.1 Å². The molecule has 2 aromatic rings. The van der Waals surface area contributed by atoms with Crippen LogP contribution in [0.4, 0.5) is 5.69 Å². The first-order valence-electron chi connectivity index (χ1n) is 10.5. The van der Waals surface area contributed by atoms with Crippen molar-refractivity contribution < 1.29 is 27.5 Å². The Bertz CT molecular complexity index is 1110. The number of carbonyl (C=O) groups is 2. The highest BCUT2D eigenvalue weighted by Gasteiger charge is 2.32. The summed E-state index contributed by atoms with van der Waals surface area (Å²) in [4.78, 5) is 27.5. The lowest BCUT2D eigenvalue weighted by Crippen LogP contribution is -2.51. The highest BCUT2D eigenvalue weighted by atomic mass is 35.5. The summed E-state index contributed by atoms with van der Waals surface area (Å²) >= 11 is 5.97. The number of likely N-dealkylation sites (N-methyl/N-ethyl adjacent to an activating group) is 1. The van der Waals surface area contributed by atoms with Gasteiger partial charge in [-0.25, -0.2) is 8.42 Å². The number of methoxy groups -OCH3 is 2. The summed E-state index contributed by atoms with van der Waals surface area (Å²) < 4.78 is 37.0. The number of hydrogen-bond donors (Lipinski definition) is 1. The third-order valence-corrected chi connectivity index (χ3v) is 6.61. The minimum Gasteiger partial charge on any atom is -0.497 e. The van der Waals surface area contributed by atoms with Crippen molar-refractivity contribution in [1.82, 2.24) is 10.2 Å². The van der Waals surface area contributed by atoms with Gasteiger partial charge in [-0.1, -0.05) is 30.7 Å². The van der Waals surface area contributed by atoms with Crippen LogP contribution in [0.1, 0.15) is 18.9 Å². The topological polar surface area (TPSA) is 105 Å².